The SMILES string of the molecule is CC(=O)c1ccc(S(=O)(=O)N2CCCCC2C(=O)OCC(=O)c2ccc(Cl)cc2Cl)cc1. The van der Waals surface area contributed by atoms with Crippen molar-refractivity contribution in [3.63, 3.8) is 0 Å². The molecule has 1 aliphatic heterocycles. The summed E-state index contributed by atoms with van der Waals surface area (Å²) < 4.78 is 32.6. The van der Waals surface area contributed by atoms with E-state index in [4.69, 9.17) is 27.9 Å². The summed E-state index contributed by atoms with van der Waals surface area (Å²) in [6.45, 7) is 0.962. The average molecular weight is 498 g/mol. The maximum absolute atomic E-state index is 13.2. The number of ether oxygens (including phenoxy) is 1. The van der Waals surface area contributed by atoms with Crippen LogP contribution in [-0.4, -0.2) is 49.5 Å². The molecule has 0 amide bonds. The lowest BCUT2D eigenvalue weighted by atomic mass is 10.1. The number of esters is 1. The normalized spacial score (nSPS) is 17.0. The number of carbonyl (C=O) groups is 3. The van der Waals surface area contributed by atoms with Crippen molar-refractivity contribution in [1.29, 1.82) is 0 Å². The summed E-state index contributed by atoms with van der Waals surface area (Å²) in [5.41, 5.74) is 0.542. The Hall–Kier alpha value is -2.26. The molecule has 170 valence electrons. The van der Waals surface area contributed by atoms with Gasteiger partial charge in [0.05, 0.1) is 9.92 Å². The van der Waals surface area contributed by atoms with E-state index in [1.165, 1.54) is 49.4 Å². The summed E-state index contributed by atoms with van der Waals surface area (Å²) in [5, 5.41) is 0.498. The second kappa shape index (κ2) is 10.1. The number of rotatable bonds is 7. The van der Waals surface area contributed by atoms with Crippen LogP contribution in [0.15, 0.2) is 47.4 Å². The zero-order valence-electron chi connectivity index (χ0n) is 17.2. The van der Waals surface area contributed by atoms with Gasteiger partial charge in [-0.1, -0.05) is 35.3 Å². The van der Waals surface area contributed by atoms with Crippen molar-refractivity contribution >= 4 is 50.8 Å². The van der Waals surface area contributed by atoms with Crippen molar-refractivity contribution in [3.05, 3.63) is 63.6 Å². The van der Waals surface area contributed by atoms with E-state index < -0.39 is 34.4 Å². The minimum Gasteiger partial charge on any atom is -0.456 e. The predicted molar refractivity (Wildman–Crippen MR) is 120 cm³/mol. The Morgan fingerprint density at radius 2 is 1.75 bits per heavy atom. The molecule has 0 aromatic heterocycles. The van der Waals surface area contributed by atoms with Crippen LogP contribution in [0.3, 0.4) is 0 Å². The molecule has 0 spiro atoms. The molecule has 2 aromatic rings. The van der Waals surface area contributed by atoms with E-state index in [9.17, 15) is 22.8 Å². The van der Waals surface area contributed by atoms with E-state index in [-0.39, 0.29) is 34.2 Å². The molecule has 1 aliphatic rings. The van der Waals surface area contributed by atoms with Crippen LogP contribution in [0.2, 0.25) is 10.0 Å². The maximum Gasteiger partial charge on any atom is 0.324 e. The Morgan fingerprint density at radius 1 is 1.06 bits per heavy atom. The first-order valence-electron chi connectivity index (χ1n) is 9.89. The molecule has 1 saturated heterocycles. The van der Waals surface area contributed by atoms with E-state index in [0.29, 0.717) is 23.4 Å². The molecule has 1 heterocycles. The maximum atomic E-state index is 13.2. The van der Waals surface area contributed by atoms with Gasteiger partial charge in [-0.25, -0.2) is 8.42 Å². The zero-order valence-corrected chi connectivity index (χ0v) is 19.5. The number of nitrogens with zero attached hydrogens (tertiary/aromatic N) is 1. The quantitative estimate of drug-likeness (QED) is 0.420. The summed E-state index contributed by atoms with van der Waals surface area (Å²) in [6, 6.07) is 8.84. The molecule has 32 heavy (non-hydrogen) atoms. The van der Waals surface area contributed by atoms with Crippen molar-refractivity contribution in [3.8, 4) is 0 Å². The first-order valence-corrected chi connectivity index (χ1v) is 12.1. The summed E-state index contributed by atoms with van der Waals surface area (Å²) in [7, 11) is -4.00. The van der Waals surface area contributed by atoms with E-state index in [0.717, 1.165) is 4.31 Å². The van der Waals surface area contributed by atoms with Crippen LogP contribution in [0.4, 0.5) is 0 Å². The molecule has 10 heteroatoms. The van der Waals surface area contributed by atoms with Crippen LogP contribution >= 0.6 is 23.2 Å². The van der Waals surface area contributed by atoms with Crippen molar-refractivity contribution < 1.29 is 27.5 Å². The average Bonchev–Trinajstić information content (AvgIpc) is 2.77. The van der Waals surface area contributed by atoms with Crippen LogP contribution in [0.25, 0.3) is 0 Å². The number of piperidine rings is 1. The molecule has 1 unspecified atom stereocenters. The van der Waals surface area contributed by atoms with Crippen LogP contribution < -0.4 is 0 Å². The topological polar surface area (TPSA) is 97.8 Å². The van der Waals surface area contributed by atoms with Gasteiger partial charge < -0.3 is 4.74 Å². The Kier molecular flexibility index (Phi) is 7.71. The summed E-state index contributed by atoms with van der Waals surface area (Å²) >= 11 is 11.8. The molecular formula is C22H21Cl2NO6S. The molecule has 1 atom stereocenters. The summed E-state index contributed by atoms with van der Waals surface area (Å²) in [6.07, 6.45) is 1.51. The fraction of sp³-hybridized carbons (Fsp3) is 0.318. The third kappa shape index (κ3) is 5.38. The van der Waals surface area contributed by atoms with Crippen molar-refractivity contribution in [2.24, 2.45) is 0 Å². The summed E-state index contributed by atoms with van der Waals surface area (Å²) in [4.78, 5) is 36.5. The molecular weight excluding hydrogens is 477 g/mol. The van der Waals surface area contributed by atoms with Crippen LogP contribution in [0.1, 0.15) is 46.9 Å². The molecule has 0 saturated carbocycles. The zero-order chi connectivity index (χ0) is 23.5. The lowest BCUT2D eigenvalue weighted by molar-refractivity contribution is -0.148. The number of sulfonamides is 1. The van der Waals surface area contributed by atoms with Gasteiger partial charge in [0.2, 0.25) is 15.8 Å². The smallest absolute Gasteiger partial charge is 0.324 e. The third-order valence-corrected chi connectivity index (χ3v) is 7.64. The van der Waals surface area contributed by atoms with Gasteiger partial charge in [-0.3, -0.25) is 14.4 Å². The highest BCUT2D eigenvalue weighted by Gasteiger charge is 2.38. The van der Waals surface area contributed by atoms with Gasteiger partial charge in [-0.15, -0.1) is 0 Å². The van der Waals surface area contributed by atoms with Gasteiger partial charge in [-0.2, -0.15) is 4.31 Å². The molecule has 0 aliphatic carbocycles. The first kappa shape index (κ1) is 24.4. The van der Waals surface area contributed by atoms with Gasteiger partial charge in [0.1, 0.15) is 6.04 Å². The number of halogens is 2. The molecule has 0 N–H and O–H groups in total. The highest BCUT2D eigenvalue weighted by atomic mass is 35.5. The predicted octanol–water partition coefficient (Wildman–Crippen LogP) is 4.17. The van der Waals surface area contributed by atoms with Crippen LogP contribution in [-0.2, 0) is 19.6 Å². The molecule has 0 bridgehead atoms. The monoisotopic (exact) mass is 497 g/mol. The van der Waals surface area contributed by atoms with Crippen molar-refractivity contribution in [1.82, 2.24) is 4.31 Å². The Bertz CT molecular complexity index is 1150. The molecule has 7 nitrogen and oxygen atoms in total. The lowest BCUT2D eigenvalue weighted by Crippen LogP contribution is -2.48. The van der Waals surface area contributed by atoms with Gasteiger partial charge in [0.25, 0.3) is 0 Å². The minimum absolute atomic E-state index is 0.0220. The fourth-order valence-corrected chi connectivity index (χ4v) is 5.61. The number of hydrogen-bond donors (Lipinski definition) is 0. The summed E-state index contributed by atoms with van der Waals surface area (Å²) in [5.74, 6) is -1.50. The van der Waals surface area contributed by atoms with Gasteiger partial charge in [-0.05, 0) is 56.5 Å². The van der Waals surface area contributed by atoms with E-state index in [1.54, 1.807) is 0 Å². The van der Waals surface area contributed by atoms with Crippen LogP contribution in [0.5, 0.6) is 0 Å². The van der Waals surface area contributed by atoms with Gasteiger partial charge in [0, 0.05) is 22.7 Å². The molecule has 3 rings (SSSR count). The van der Waals surface area contributed by atoms with Gasteiger partial charge >= 0.3 is 5.97 Å². The Labute approximate surface area is 196 Å². The largest absolute Gasteiger partial charge is 0.456 e. The van der Waals surface area contributed by atoms with Crippen molar-refractivity contribution in [2.75, 3.05) is 13.2 Å². The van der Waals surface area contributed by atoms with Crippen LogP contribution in [0, 0.1) is 0 Å². The molecule has 0 radical (unpaired) electrons. The number of ketones is 2. The Balaban J connectivity index is 1.74. The van der Waals surface area contributed by atoms with Gasteiger partial charge in [0.15, 0.2) is 12.4 Å². The number of Topliss-reactive ketones (excluding diaryl/α,β-unsaturated/α-hetero) is 2. The Morgan fingerprint density at radius 3 is 2.38 bits per heavy atom. The second-order valence-corrected chi connectivity index (χ2v) is 10.1. The highest BCUT2D eigenvalue weighted by Crippen LogP contribution is 2.27. The number of benzene rings is 2. The molecule has 1 fully saturated rings. The van der Waals surface area contributed by atoms with E-state index >= 15 is 0 Å². The number of carbonyl (C=O) groups excluding carboxylic acids is 3. The third-order valence-electron chi connectivity index (χ3n) is 5.17. The second-order valence-electron chi connectivity index (χ2n) is 7.36. The first-order chi connectivity index (χ1) is 15.1. The van der Waals surface area contributed by atoms with E-state index in [1.807, 2.05) is 0 Å². The number of hydrogen-bond acceptors (Lipinski definition) is 6. The minimum atomic E-state index is -4.00. The molecule has 2 aromatic carbocycles. The van der Waals surface area contributed by atoms with Crippen molar-refractivity contribution in [2.45, 2.75) is 37.1 Å². The highest BCUT2D eigenvalue weighted by molar-refractivity contribution is 7.89. The standard InChI is InChI=1S/C22H21Cl2NO6S/c1-14(26)15-5-8-17(9-6-15)32(29,30)25-11-3-2-4-20(25)22(28)31-13-21(27)18-10-7-16(23)12-19(18)24/h5-10,12,20H,2-4,11,13H2,1H3. The lowest BCUT2D eigenvalue weighted by Gasteiger charge is -2.33. The fourth-order valence-electron chi connectivity index (χ4n) is 3.45. The van der Waals surface area contributed by atoms with E-state index in [2.05, 4.69) is 0 Å².